The summed E-state index contributed by atoms with van der Waals surface area (Å²) in [4.78, 5) is 32.0. The SMILES string of the molecule is Cc1cc(Cl)cc(-c2ncnn3cc(CN4C(=O)C5C(C4=O)C5(C)C)c(C)c23)c1CC1CNCCO1. The van der Waals surface area contributed by atoms with Crippen LogP contribution in [-0.4, -0.2) is 57.1 Å². The number of morpholine rings is 1. The number of nitrogens with zero attached hydrogens (tertiary/aromatic N) is 4. The molecule has 1 aliphatic carbocycles. The van der Waals surface area contributed by atoms with Crippen LogP contribution < -0.4 is 5.32 Å². The lowest BCUT2D eigenvalue weighted by atomic mass is 9.93. The Kier molecular flexibility index (Phi) is 5.48. The summed E-state index contributed by atoms with van der Waals surface area (Å²) in [5, 5.41) is 8.49. The van der Waals surface area contributed by atoms with Crippen molar-refractivity contribution in [2.45, 2.75) is 46.8 Å². The van der Waals surface area contributed by atoms with Gasteiger partial charge in [-0.3, -0.25) is 14.5 Å². The van der Waals surface area contributed by atoms with Gasteiger partial charge in [0.25, 0.3) is 0 Å². The predicted octanol–water partition coefficient (Wildman–Crippen LogP) is 3.34. The zero-order chi connectivity index (χ0) is 25.4. The second kappa shape index (κ2) is 8.36. The van der Waals surface area contributed by atoms with Gasteiger partial charge in [0.2, 0.25) is 11.8 Å². The maximum absolute atomic E-state index is 12.9. The fourth-order valence-electron chi connectivity index (χ4n) is 6.13. The topological polar surface area (TPSA) is 88.8 Å². The van der Waals surface area contributed by atoms with E-state index in [1.54, 1.807) is 4.52 Å². The molecular formula is C27H30ClN5O3. The van der Waals surface area contributed by atoms with Crippen LogP contribution in [0.25, 0.3) is 16.8 Å². The molecule has 3 aliphatic rings. The van der Waals surface area contributed by atoms with E-state index in [2.05, 4.69) is 17.3 Å². The van der Waals surface area contributed by atoms with Crippen molar-refractivity contribution in [1.82, 2.24) is 24.8 Å². The highest BCUT2D eigenvalue weighted by molar-refractivity contribution is 6.31. The van der Waals surface area contributed by atoms with Gasteiger partial charge in [-0.25, -0.2) is 9.50 Å². The minimum absolute atomic E-state index is 0.0650. The Morgan fingerprint density at radius 1 is 1.19 bits per heavy atom. The number of amides is 2. The molecule has 3 atom stereocenters. The zero-order valence-corrected chi connectivity index (χ0v) is 21.7. The van der Waals surface area contributed by atoms with Crippen LogP contribution in [0, 0.1) is 31.1 Å². The van der Waals surface area contributed by atoms with Crippen molar-refractivity contribution in [3.05, 3.63) is 51.9 Å². The molecule has 3 fully saturated rings. The molecule has 8 nitrogen and oxygen atoms in total. The van der Waals surface area contributed by atoms with Crippen molar-refractivity contribution in [2.24, 2.45) is 17.3 Å². The Bertz CT molecular complexity index is 1380. The summed E-state index contributed by atoms with van der Waals surface area (Å²) in [7, 11) is 0. The Labute approximate surface area is 215 Å². The molecule has 2 aliphatic heterocycles. The van der Waals surface area contributed by atoms with E-state index in [1.165, 1.54) is 11.2 Å². The third kappa shape index (κ3) is 3.57. The minimum Gasteiger partial charge on any atom is -0.375 e. The molecule has 6 rings (SSSR count). The largest absolute Gasteiger partial charge is 0.375 e. The number of rotatable bonds is 5. The van der Waals surface area contributed by atoms with Gasteiger partial charge in [0.1, 0.15) is 6.33 Å². The molecule has 0 bridgehead atoms. The third-order valence-electron chi connectivity index (χ3n) is 8.28. The van der Waals surface area contributed by atoms with Gasteiger partial charge in [0, 0.05) is 36.3 Å². The number of hydrogen-bond acceptors (Lipinski definition) is 6. The van der Waals surface area contributed by atoms with Gasteiger partial charge in [-0.1, -0.05) is 25.4 Å². The first kappa shape index (κ1) is 23.6. The van der Waals surface area contributed by atoms with Gasteiger partial charge in [-0.05, 0) is 53.6 Å². The van der Waals surface area contributed by atoms with Crippen molar-refractivity contribution in [3.63, 3.8) is 0 Å². The number of likely N-dealkylation sites (tertiary alicyclic amines) is 1. The van der Waals surface area contributed by atoms with Gasteiger partial charge in [0.05, 0.1) is 42.3 Å². The minimum atomic E-state index is -0.220. The number of benzene rings is 1. The number of aromatic nitrogens is 3. The first-order chi connectivity index (χ1) is 17.2. The molecule has 1 N–H and O–H groups in total. The fourth-order valence-corrected chi connectivity index (χ4v) is 6.40. The predicted molar refractivity (Wildman–Crippen MR) is 136 cm³/mol. The number of nitrogens with one attached hydrogen (secondary N) is 1. The standard InChI is InChI=1S/C27H30ClN5O3/c1-14-7-17(28)8-20(19(14)9-18-10-29-5-6-36-18)23-24-15(2)16(12-33(24)31-13-30-23)11-32-25(34)21-22(26(32)35)27(21,3)4/h7-8,12-13,18,21-22,29H,5-6,9-11H2,1-4H3. The third-order valence-corrected chi connectivity index (χ3v) is 8.50. The summed E-state index contributed by atoms with van der Waals surface area (Å²) in [6.07, 6.45) is 4.25. The number of ether oxygens (including phenoxy) is 1. The Balaban J connectivity index is 1.39. The van der Waals surface area contributed by atoms with Gasteiger partial charge in [-0.2, -0.15) is 5.10 Å². The van der Waals surface area contributed by atoms with E-state index in [0.29, 0.717) is 11.6 Å². The summed E-state index contributed by atoms with van der Waals surface area (Å²) in [5.74, 6) is -0.507. The Morgan fingerprint density at radius 2 is 1.94 bits per heavy atom. The van der Waals surface area contributed by atoms with E-state index < -0.39 is 0 Å². The molecule has 2 aromatic heterocycles. The quantitative estimate of drug-likeness (QED) is 0.533. The molecule has 1 saturated carbocycles. The van der Waals surface area contributed by atoms with Crippen LogP contribution in [-0.2, 0) is 27.3 Å². The van der Waals surface area contributed by atoms with Crippen LogP contribution in [0.1, 0.15) is 36.1 Å². The molecule has 3 unspecified atom stereocenters. The molecule has 1 aromatic carbocycles. The number of piperidine rings is 1. The van der Waals surface area contributed by atoms with E-state index in [4.69, 9.17) is 21.3 Å². The first-order valence-corrected chi connectivity index (χ1v) is 12.8. The van der Waals surface area contributed by atoms with E-state index >= 15 is 0 Å². The van der Waals surface area contributed by atoms with Crippen LogP contribution in [0.5, 0.6) is 0 Å². The number of carbonyl (C=O) groups is 2. The highest BCUT2D eigenvalue weighted by atomic mass is 35.5. The number of halogens is 1. The van der Waals surface area contributed by atoms with E-state index in [9.17, 15) is 9.59 Å². The molecular weight excluding hydrogens is 478 g/mol. The molecule has 9 heteroatoms. The van der Waals surface area contributed by atoms with Crippen LogP contribution in [0.4, 0.5) is 0 Å². The number of hydrogen-bond donors (Lipinski definition) is 1. The smallest absolute Gasteiger partial charge is 0.233 e. The van der Waals surface area contributed by atoms with Crippen LogP contribution in [0.2, 0.25) is 5.02 Å². The first-order valence-electron chi connectivity index (χ1n) is 12.5. The molecule has 2 saturated heterocycles. The van der Waals surface area contributed by atoms with Gasteiger partial charge < -0.3 is 10.1 Å². The second-order valence-electron chi connectivity index (χ2n) is 10.9. The summed E-state index contributed by atoms with van der Waals surface area (Å²) < 4.78 is 7.78. The maximum Gasteiger partial charge on any atom is 0.233 e. The highest BCUT2D eigenvalue weighted by Gasteiger charge is 2.72. The average Bonchev–Trinajstić information content (AvgIpc) is 3.12. The molecule has 36 heavy (non-hydrogen) atoms. The molecule has 2 amide bonds. The normalized spacial score (nSPS) is 25.0. The molecule has 3 aromatic rings. The van der Waals surface area contributed by atoms with Crippen LogP contribution in [0.3, 0.4) is 0 Å². The maximum atomic E-state index is 12.9. The van der Waals surface area contributed by atoms with Crippen molar-refractivity contribution in [3.8, 4) is 11.3 Å². The Morgan fingerprint density at radius 3 is 2.64 bits per heavy atom. The van der Waals surface area contributed by atoms with E-state index in [0.717, 1.165) is 58.5 Å². The molecule has 4 heterocycles. The number of fused-ring (bicyclic) bond motifs is 2. The van der Waals surface area contributed by atoms with E-state index in [-0.39, 0.29) is 41.7 Å². The van der Waals surface area contributed by atoms with Crippen LogP contribution >= 0.6 is 11.6 Å². The lowest BCUT2D eigenvalue weighted by molar-refractivity contribution is -0.143. The number of carbonyl (C=O) groups excluding carboxylic acids is 2. The monoisotopic (exact) mass is 507 g/mol. The molecule has 188 valence electrons. The van der Waals surface area contributed by atoms with Crippen molar-refractivity contribution < 1.29 is 14.3 Å². The van der Waals surface area contributed by atoms with Gasteiger partial charge >= 0.3 is 0 Å². The summed E-state index contributed by atoms with van der Waals surface area (Å²) in [6.45, 7) is 10.7. The van der Waals surface area contributed by atoms with Crippen molar-refractivity contribution >= 4 is 28.9 Å². The summed E-state index contributed by atoms with van der Waals surface area (Å²) in [6, 6.07) is 3.93. The number of imide groups is 1. The molecule has 0 spiro atoms. The second-order valence-corrected chi connectivity index (χ2v) is 11.3. The lowest BCUT2D eigenvalue weighted by Gasteiger charge is -2.25. The van der Waals surface area contributed by atoms with E-state index in [1.807, 2.05) is 39.1 Å². The molecule has 0 radical (unpaired) electrons. The van der Waals surface area contributed by atoms with Crippen LogP contribution in [0.15, 0.2) is 24.7 Å². The Hall–Kier alpha value is -2.81. The lowest BCUT2D eigenvalue weighted by Crippen LogP contribution is -2.39. The summed E-state index contributed by atoms with van der Waals surface area (Å²) >= 11 is 6.52. The average molecular weight is 508 g/mol. The van der Waals surface area contributed by atoms with Gasteiger partial charge in [0.15, 0.2) is 0 Å². The zero-order valence-electron chi connectivity index (χ0n) is 21.0. The number of aryl methyl sites for hydroxylation is 2. The van der Waals surface area contributed by atoms with Crippen molar-refractivity contribution in [2.75, 3.05) is 19.7 Å². The summed E-state index contributed by atoms with van der Waals surface area (Å²) in [5.41, 5.74) is 6.42. The van der Waals surface area contributed by atoms with Gasteiger partial charge in [-0.15, -0.1) is 0 Å². The van der Waals surface area contributed by atoms with Crippen molar-refractivity contribution in [1.29, 1.82) is 0 Å². The fraction of sp³-hybridized carbons (Fsp3) is 0.481. The highest BCUT2D eigenvalue weighted by Crippen LogP contribution is 2.63.